The topological polar surface area (TPSA) is 66.1 Å². The normalized spacial score (nSPS) is 28.4. The van der Waals surface area contributed by atoms with Crippen molar-refractivity contribution < 1.29 is 9.18 Å². The van der Waals surface area contributed by atoms with Gasteiger partial charge in [-0.25, -0.2) is 14.4 Å². The lowest BCUT2D eigenvalue weighted by Crippen LogP contribution is -2.39. The van der Waals surface area contributed by atoms with Crippen LogP contribution in [-0.2, 0) is 13.0 Å². The van der Waals surface area contributed by atoms with Gasteiger partial charge in [-0.15, -0.1) is 0 Å². The number of alkyl halides is 1. The van der Waals surface area contributed by atoms with Gasteiger partial charge in [0.05, 0.1) is 23.0 Å². The van der Waals surface area contributed by atoms with Gasteiger partial charge in [-0.05, 0) is 45.2 Å². The van der Waals surface area contributed by atoms with E-state index in [-0.39, 0.29) is 5.91 Å². The van der Waals surface area contributed by atoms with Gasteiger partial charge in [-0.1, -0.05) is 6.07 Å². The quantitative estimate of drug-likeness (QED) is 0.687. The van der Waals surface area contributed by atoms with Crippen molar-refractivity contribution in [1.29, 1.82) is 0 Å². The average Bonchev–Trinajstić information content (AvgIpc) is 3.54. The summed E-state index contributed by atoms with van der Waals surface area (Å²) in [7, 11) is 0. The van der Waals surface area contributed by atoms with Gasteiger partial charge in [0.1, 0.15) is 0 Å². The Balaban J connectivity index is 1.22. The van der Waals surface area contributed by atoms with Crippen LogP contribution >= 0.6 is 0 Å². The van der Waals surface area contributed by atoms with Crippen LogP contribution in [0.15, 0.2) is 40.6 Å². The van der Waals surface area contributed by atoms with E-state index in [1.165, 1.54) is 0 Å². The Labute approximate surface area is 199 Å². The molecule has 0 spiro atoms. The highest BCUT2D eigenvalue weighted by atomic mass is 19.1. The van der Waals surface area contributed by atoms with E-state index in [1.54, 1.807) is 20.0 Å². The molecule has 6 heterocycles. The molecule has 34 heavy (non-hydrogen) atoms. The van der Waals surface area contributed by atoms with Crippen molar-refractivity contribution >= 4 is 17.6 Å². The van der Waals surface area contributed by atoms with Crippen molar-refractivity contribution in [3.63, 3.8) is 0 Å². The Morgan fingerprint density at radius 2 is 1.91 bits per heavy atom. The Morgan fingerprint density at radius 1 is 1.12 bits per heavy atom. The molecule has 0 radical (unpaired) electrons. The smallest absolute Gasteiger partial charge is 0.256 e. The minimum absolute atomic E-state index is 0.134. The second kappa shape index (κ2) is 8.32. The molecule has 4 aliphatic rings. The third kappa shape index (κ3) is 3.54. The molecule has 0 N–H and O–H groups in total. The fourth-order valence-corrected chi connectivity index (χ4v) is 6.07. The molecule has 2 aromatic rings. The molecule has 1 amide bonds. The summed E-state index contributed by atoms with van der Waals surface area (Å²) in [5.74, 6) is 1.56. The second-order valence-electron chi connectivity index (χ2n) is 10.2. The Hall–Kier alpha value is -3.03. The number of fused-ring (bicyclic) bond motifs is 2. The highest BCUT2D eigenvalue weighted by Gasteiger charge is 2.44. The van der Waals surface area contributed by atoms with Gasteiger partial charge >= 0.3 is 0 Å². The number of amides is 1. The first-order chi connectivity index (χ1) is 16.5. The molecular formula is C26H31FN6O. The Bertz CT molecular complexity index is 1160. The highest BCUT2D eigenvalue weighted by molar-refractivity contribution is 6.02. The summed E-state index contributed by atoms with van der Waals surface area (Å²) in [6.45, 7) is 7.61. The summed E-state index contributed by atoms with van der Waals surface area (Å²) in [6, 6.07) is 5.49. The molecule has 0 aliphatic carbocycles. The standard InChI is InChI=1S/C26H31FN6O/c1-16-24(27)17(2)30-26(29-16)33-13-18-11-32(12-19(18)14-33)25(34)23-20(21-7-3-5-9-28-21)15-31-10-6-4-8-22(23)31/h3,5,7,9,15-16,18-19,24H,4,6,8,10-14H2,1-2H3/t16?,18-,19+,24?. The van der Waals surface area contributed by atoms with E-state index in [1.807, 2.05) is 23.1 Å². The van der Waals surface area contributed by atoms with Crippen molar-refractivity contribution in [1.82, 2.24) is 19.4 Å². The van der Waals surface area contributed by atoms with Crippen molar-refractivity contribution in [2.24, 2.45) is 21.8 Å². The predicted molar refractivity (Wildman–Crippen MR) is 130 cm³/mol. The van der Waals surface area contributed by atoms with Crippen molar-refractivity contribution in [3.05, 3.63) is 41.9 Å². The number of hydrogen-bond donors (Lipinski definition) is 0. The number of likely N-dealkylation sites (tertiary alicyclic amines) is 2. The molecule has 7 nitrogen and oxygen atoms in total. The summed E-state index contributed by atoms with van der Waals surface area (Å²) in [5.41, 5.74) is 4.33. The summed E-state index contributed by atoms with van der Waals surface area (Å²) >= 11 is 0. The van der Waals surface area contributed by atoms with Crippen LogP contribution in [0.3, 0.4) is 0 Å². The third-order valence-electron chi connectivity index (χ3n) is 7.88. The van der Waals surface area contributed by atoms with Crippen molar-refractivity contribution in [2.45, 2.75) is 51.9 Å². The maximum absolute atomic E-state index is 14.1. The number of hydrogen-bond acceptors (Lipinski definition) is 5. The lowest BCUT2D eigenvalue weighted by atomic mass is 10.0. The van der Waals surface area contributed by atoms with Gasteiger partial charge in [0.2, 0.25) is 5.96 Å². The molecule has 4 atom stereocenters. The fourth-order valence-electron chi connectivity index (χ4n) is 6.07. The first-order valence-corrected chi connectivity index (χ1v) is 12.4. The van der Waals surface area contributed by atoms with E-state index >= 15 is 0 Å². The van der Waals surface area contributed by atoms with Gasteiger partial charge in [0, 0.05) is 68.2 Å². The lowest BCUT2D eigenvalue weighted by molar-refractivity contribution is 0.0777. The maximum Gasteiger partial charge on any atom is 0.256 e. The minimum atomic E-state index is -1.10. The van der Waals surface area contributed by atoms with Crippen LogP contribution in [0.5, 0.6) is 0 Å². The van der Waals surface area contributed by atoms with Crippen LogP contribution in [0.1, 0.15) is 42.7 Å². The zero-order valence-corrected chi connectivity index (χ0v) is 19.8. The molecule has 2 aromatic heterocycles. The van der Waals surface area contributed by atoms with Crippen molar-refractivity contribution in [3.8, 4) is 11.3 Å². The molecule has 8 heteroatoms. The highest BCUT2D eigenvalue weighted by Crippen LogP contribution is 2.36. The molecule has 4 aliphatic heterocycles. The molecule has 0 bridgehead atoms. The van der Waals surface area contributed by atoms with Crippen LogP contribution in [-0.4, -0.2) is 75.3 Å². The Morgan fingerprint density at radius 3 is 2.62 bits per heavy atom. The summed E-state index contributed by atoms with van der Waals surface area (Å²) in [6.07, 6.45) is 6.03. The minimum Gasteiger partial charge on any atom is -0.350 e. The van der Waals surface area contributed by atoms with E-state index in [9.17, 15) is 9.18 Å². The average molecular weight is 463 g/mol. The molecule has 2 saturated heterocycles. The van der Waals surface area contributed by atoms with Crippen LogP contribution in [0.4, 0.5) is 4.39 Å². The fraction of sp³-hybridized carbons (Fsp3) is 0.538. The number of pyridine rings is 1. The van der Waals surface area contributed by atoms with E-state index in [2.05, 4.69) is 30.6 Å². The number of aliphatic imine (C=N–C) groups is 2. The van der Waals surface area contributed by atoms with Crippen LogP contribution in [0.2, 0.25) is 0 Å². The number of aromatic nitrogens is 2. The number of halogens is 1. The lowest BCUT2D eigenvalue weighted by Gasteiger charge is -2.27. The summed E-state index contributed by atoms with van der Waals surface area (Å²) < 4.78 is 16.4. The molecule has 178 valence electrons. The largest absolute Gasteiger partial charge is 0.350 e. The maximum atomic E-state index is 14.1. The molecule has 2 unspecified atom stereocenters. The molecule has 0 aromatic carbocycles. The summed E-state index contributed by atoms with van der Waals surface area (Å²) in [4.78, 5) is 31.6. The SMILES string of the molecule is CC1=NC(N2C[C@H]3CN(C(=O)c4c(-c5ccccn5)cn5c4CCCC5)C[C@H]3C2)=NC(C)C1F. The number of nitrogens with zero attached hydrogens (tertiary/aromatic N) is 6. The number of carbonyl (C=O) groups is 1. The molecule has 2 fully saturated rings. The molecular weight excluding hydrogens is 431 g/mol. The van der Waals surface area contributed by atoms with Crippen molar-refractivity contribution in [2.75, 3.05) is 26.2 Å². The van der Waals surface area contributed by atoms with Gasteiger partial charge in [-0.2, -0.15) is 0 Å². The first kappa shape index (κ1) is 21.5. The van der Waals surface area contributed by atoms with Gasteiger partial charge < -0.3 is 14.4 Å². The number of rotatable bonds is 2. The third-order valence-corrected chi connectivity index (χ3v) is 7.88. The van der Waals surface area contributed by atoms with E-state index in [0.29, 0.717) is 23.5 Å². The zero-order chi connectivity index (χ0) is 23.4. The van der Waals surface area contributed by atoms with Crippen LogP contribution < -0.4 is 0 Å². The summed E-state index contributed by atoms with van der Waals surface area (Å²) in [5, 5.41) is 0. The molecule has 6 rings (SSSR count). The van der Waals surface area contributed by atoms with Gasteiger partial charge in [0.15, 0.2) is 6.17 Å². The second-order valence-corrected chi connectivity index (χ2v) is 10.2. The van der Waals surface area contributed by atoms with E-state index in [0.717, 1.165) is 74.5 Å². The molecule has 0 saturated carbocycles. The number of guanidine groups is 1. The Kier molecular flexibility index (Phi) is 5.26. The monoisotopic (exact) mass is 462 g/mol. The van der Waals surface area contributed by atoms with Gasteiger partial charge in [0.25, 0.3) is 5.91 Å². The number of carbonyl (C=O) groups excluding carboxylic acids is 1. The van der Waals surface area contributed by atoms with E-state index < -0.39 is 12.2 Å². The first-order valence-electron chi connectivity index (χ1n) is 12.4. The van der Waals surface area contributed by atoms with E-state index in [4.69, 9.17) is 0 Å². The predicted octanol–water partition coefficient (Wildman–Crippen LogP) is 3.45. The van der Waals surface area contributed by atoms with Crippen LogP contribution in [0, 0.1) is 11.8 Å². The zero-order valence-electron chi connectivity index (χ0n) is 19.8. The van der Waals surface area contributed by atoms with Crippen LogP contribution in [0.25, 0.3) is 11.3 Å². The van der Waals surface area contributed by atoms with Gasteiger partial charge in [-0.3, -0.25) is 9.78 Å². The number of aryl methyl sites for hydroxylation is 1.